The molecule has 2 rings (SSSR count). The Morgan fingerprint density at radius 2 is 1.77 bits per heavy atom. The molecule has 0 aromatic heterocycles. The number of rotatable bonds is 8. The smallest absolute Gasteiger partial charge is 0.254 e. The van der Waals surface area contributed by atoms with Crippen LogP contribution in [0.5, 0.6) is 5.75 Å². The number of benzene rings is 2. The maximum Gasteiger partial charge on any atom is 0.254 e. The van der Waals surface area contributed by atoms with Gasteiger partial charge in [-0.25, -0.2) is 0 Å². The lowest BCUT2D eigenvalue weighted by Crippen LogP contribution is -2.34. The van der Waals surface area contributed by atoms with Crippen LogP contribution < -0.4 is 15.4 Å². The van der Waals surface area contributed by atoms with Gasteiger partial charge in [0, 0.05) is 51.2 Å². The molecule has 0 spiro atoms. The largest absolute Gasteiger partial charge is 0.497 e. The Hall–Kier alpha value is -2.73. The van der Waals surface area contributed by atoms with Gasteiger partial charge in [-0.3, -0.25) is 4.79 Å². The van der Waals surface area contributed by atoms with Gasteiger partial charge in [-0.15, -0.1) is 0 Å². The van der Waals surface area contributed by atoms with Gasteiger partial charge >= 0.3 is 0 Å². The van der Waals surface area contributed by atoms with Gasteiger partial charge in [0.2, 0.25) is 0 Å². The SMILES string of the molecule is COCCN(Cc1cc(N)ccc1N(C)C)C(=O)c1ccc(OC)cc1. The van der Waals surface area contributed by atoms with Crippen LogP contribution in [0.2, 0.25) is 0 Å². The minimum absolute atomic E-state index is 0.0585. The van der Waals surface area contributed by atoms with Crippen LogP contribution in [0.1, 0.15) is 15.9 Å². The summed E-state index contributed by atoms with van der Waals surface area (Å²) in [5.41, 5.74) is 9.27. The van der Waals surface area contributed by atoms with Crippen molar-refractivity contribution < 1.29 is 14.3 Å². The lowest BCUT2D eigenvalue weighted by molar-refractivity contribution is 0.0680. The van der Waals surface area contributed by atoms with Gasteiger partial charge in [0.1, 0.15) is 5.75 Å². The standard InChI is InChI=1S/C20H27N3O3/c1-22(2)19-10-7-17(21)13-16(19)14-23(11-12-25-3)20(24)15-5-8-18(26-4)9-6-15/h5-10,13H,11-12,14,21H2,1-4H3. The maximum absolute atomic E-state index is 13.0. The quantitative estimate of drug-likeness (QED) is 0.736. The maximum atomic E-state index is 13.0. The number of nitrogen functional groups attached to an aromatic ring is 1. The first-order chi connectivity index (χ1) is 12.5. The molecule has 0 saturated carbocycles. The highest BCUT2D eigenvalue weighted by atomic mass is 16.5. The molecule has 0 heterocycles. The van der Waals surface area contributed by atoms with E-state index in [1.165, 1.54) is 0 Å². The number of amides is 1. The zero-order chi connectivity index (χ0) is 19.1. The Kier molecular flexibility index (Phi) is 6.86. The van der Waals surface area contributed by atoms with Crippen molar-refractivity contribution in [2.24, 2.45) is 0 Å². The average Bonchev–Trinajstić information content (AvgIpc) is 2.64. The molecule has 0 aliphatic rings. The Morgan fingerprint density at radius 3 is 2.35 bits per heavy atom. The van der Waals surface area contributed by atoms with Crippen molar-refractivity contribution in [3.63, 3.8) is 0 Å². The third-order valence-electron chi connectivity index (χ3n) is 4.14. The van der Waals surface area contributed by atoms with E-state index in [0.717, 1.165) is 17.0 Å². The molecule has 0 saturated heterocycles. The fourth-order valence-electron chi connectivity index (χ4n) is 2.74. The first kappa shape index (κ1) is 19.6. The molecule has 6 heteroatoms. The van der Waals surface area contributed by atoms with Gasteiger partial charge in [-0.05, 0) is 48.0 Å². The summed E-state index contributed by atoms with van der Waals surface area (Å²) < 4.78 is 10.3. The zero-order valence-electron chi connectivity index (χ0n) is 15.9. The van der Waals surface area contributed by atoms with Crippen LogP contribution in [-0.2, 0) is 11.3 Å². The fourth-order valence-corrected chi connectivity index (χ4v) is 2.74. The number of methoxy groups -OCH3 is 2. The number of nitrogens with zero attached hydrogens (tertiary/aromatic N) is 2. The number of carbonyl (C=O) groups excluding carboxylic acids is 1. The van der Waals surface area contributed by atoms with Crippen LogP contribution in [0.3, 0.4) is 0 Å². The van der Waals surface area contributed by atoms with Gasteiger partial charge in [-0.2, -0.15) is 0 Å². The van der Waals surface area contributed by atoms with E-state index in [2.05, 4.69) is 0 Å². The van der Waals surface area contributed by atoms with Gasteiger partial charge in [0.25, 0.3) is 5.91 Å². The second-order valence-corrected chi connectivity index (χ2v) is 6.23. The number of anilines is 2. The molecule has 2 N–H and O–H groups in total. The van der Waals surface area contributed by atoms with Gasteiger partial charge in [0.15, 0.2) is 0 Å². The van der Waals surface area contributed by atoms with E-state index < -0.39 is 0 Å². The summed E-state index contributed by atoms with van der Waals surface area (Å²) in [7, 11) is 7.17. The van der Waals surface area contributed by atoms with Crippen molar-refractivity contribution in [3.05, 3.63) is 53.6 Å². The summed E-state index contributed by atoms with van der Waals surface area (Å²) in [4.78, 5) is 16.8. The molecule has 0 unspecified atom stereocenters. The van der Waals surface area contributed by atoms with Crippen LogP contribution >= 0.6 is 0 Å². The number of carbonyl (C=O) groups is 1. The normalized spacial score (nSPS) is 10.5. The molecular formula is C20H27N3O3. The van der Waals surface area contributed by atoms with E-state index >= 15 is 0 Å². The Labute approximate surface area is 155 Å². The second kappa shape index (κ2) is 9.10. The van der Waals surface area contributed by atoms with Crippen molar-refractivity contribution in [1.29, 1.82) is 0 Å². The van der Waals surface area contributed by atoms with E-state index in [9.17, 15) is 4.79 Å². The summed E-state index contributed by atoms with van der Waals surface area (Å²) >= 11 is 0. The fraction of sp³-hybridized carbons (Fsp3) is 0.350. The molecule has 0 aliphatic heterocycles. The third kappa shape index (κ3) is 4.89. The average molecular weight is 357 g/mol. The van der Waals surface area contributed by atoms with Crippen molar-refractivity contribution >= 4 is 17.3 Å². The highest BCUT2D eigenvalue weighted by molar-refractivity contribution is 5.94. The third-order valence-corrected chi connectivity index (χ3v) is 4.14. The lowest BCUT2D eigenvalue weighted by Gasteiger charge is -2.26. The molecule has 6 nitrogen and oxygen atoms in total. The van der Waals surface area contributed by atoms with E-state index in [1.807, 2.05) is 37.2 Å². The van der Waals surface area contributed by atoms with Crippen molar-refractivity contribution in [2.75, 3.05) is 52.1 Å². The first-order valence-corrected chi connectivity index (χ1v) is 8.44. The summed E-state index contributed by atoms with van der Waals surface area (Å²) in [6.07, 6.45) is 0. The highest BCUT2D eigenvalue weighted by Gasteiger charge is 2.18. The molecule has 2 aromatic carbocycles. The molecule has 2 aromatic rings. The minimum atomic E-state index is -0.0585. The van der Waals surface area contributed by atoms with Crippen molar-refractivity contribution in [3.8, 4) is 5.75 Å². The van der Waals surface area contributed by atoms with Crippen LogP contribution in [0.25, 0.3) is 0 Å². The Balaban J connectivity index is 2.29. The van der Waals surface area contributed by atoms with Crippen LogP contribution in [-0.4, -0.2) is 52.3 Å². The molecule has 0 atom stereocenters. The molecule has 1 amide bonds. The van der Waals surface area contributed by atoms with Crippen LogP contribution in [0, 0.1) is 0 Å². The minimum Gasteiger partial charge on any atom is -0.497 e. The predicted octanol–water partition coefficient (Wildman–Crippen LogP) is 2.63. The summed E-state index contributed by atoms with van der Waals surface area (Å²) in [5, 5.41) is 0. The number of hydrogen-bond acceptors (Lipinski definition) is 5. The molecule has 26 heavy (non-hydrogen) atoms. The molecule has 0 bridgehead atoms. The summed E-state index contributed by atoms with van der Waals surface area (Å²) in [6.45, 7) is 1.40. The summed E-state index contributed by atoms with van der Waals surface area (Å²) in [5.74, 6) is 0.660. The predicted molar refractivity (Wildman–Crippen MR) is 105 cm³/mol. The highest BCUT2D eigenvalue weighted by Crippen LogP contribution is 2.24. The molecule has 0 aliphatic carbocycles. The number of ether oxygens (including phenoxy) is 2. The molecular weight excluding hydrogens is 330 g/mol. The van der Waals surface area contributed by atoms with E-state index in [0.29, 0.717) is 30.9 Å². The topological polar surface area (TPSA) is 68.0 Å². The summed E-state index contributed by atoms with van der Waals surface area (Å²) in [6, 6.07) is 12.9. The monoisotopic (exact) mass is 357 g/mol. The van der Waals surface area contributed by atoms with E-state index in [-0.39, 0.29) is 5.91 Å². The van der Waals surface area contributed by atoms with Crippen LogP contribution in [0.4, 0.5) is 11.4 Å². The lowest BCUT2D eigenvalue weighted by atomic mass is 10.1. The van der Waals surface area contributed by atoms with Crippen molar-refractivity contribution in [1.82, 2.24) is 4.90 Å². The van der Waals surface area contributed by atoms with E-state index in [1.54, 1.807) is 43.4 Å². The number of hydrogen-bond donors (Lipinski definition) is 1. The van der Waals surface area contributed by atoms with Gasteiger partial charge in [-0.1, -0.05) is 0 Å². The van der Waals surface area contributed by atoms with Crippen LogP contribution in [0.15, 0.2) is 42.5 Å². The molecule has 140 valence electrons. The second-order valence-electron chi connectivity index (χ2n) is 6.23. The zero-order valence-corrected chi connectivity index (χ0v) is 15.9. The Bertz CT molecular complexity index is 730. The molecule has 0 fully saturated rings. The molecule has 0 radical (unpaired) electrons. The number of nitrogens with two attached hydrogens (primary N) is 1. The first-order valence-electron chi connectivity index (χ1n) is 8.44. The Morgan fingerprint density at radius 1 is 1.08 bits per heavy atom. The van der Waals surface area contributed by atoms with E-state index in [4.69, 9.17) is 15.2 Å². The van der Waals surface area contributed by atoms with Crippen molar-refractivity contribution in [2.45, 2.75) is 6.54 Å². The van der Waals surface area contributed by atoms with Gasteiger partial charge in [0.05, 0.1) is 13.7 Å². The van der Waals surface area contributed by atoms with Gasteiger partial charge < -0.3 is 25.0 Å².